The molecule has 0 amide bonds. The first-order valence-electron chi connectivity index (χ1n) is 7.25. The Kier molecular flexibility index (Phi) is 4.24. The van der Waals surface area contributed by atoms with Gasteiger partial charge in [0, 0.05) is 24.5 Å². The number of nitrogens with zero attached hydrogens (tertiary/aromatic N) is 3. The standard InChI is InChI=1S/C16H14N4O4S/c1-12-6-7-15(20(21)22)11-16(12)25(23,24)18-13-4-2-5-14(10-13)19-9-3-8-17-19/h2-11,18H,1H3. The molecule has 0 aliphatic rings. The van der Waals surface area contributed by atoms with Crippen LogP contribution < -0.4 is 4.72 Å². The molecule has 128 valence electrons. The Hall–Kier alpha value is -3.20. The van der Waals surface area contributed by atoms with Crippen LogP contribution in [-0.4, -0.2) is 23.1 Å². The summed E-state index contributed by atoms with van der Waals surface area (Å²) in [5, 5.41) is 15.0. The number of nitro groups is 1. The number of rotatable bonds is 5. The number of hydrogen-bond donors (Lipinski definition) is 1. The van der Waals surface area contributed by atoms with Crippen LogP contribution in [0.3, 0.4) is 0 Å². The molecule has 0 aliphatic heterocycles. The highest BCUT2D eigenvalue weighted by Gasteiger charge is 2.20. The van der Waals surface area contributed by atoms with E-state index in [2.05, 4.69) is 9.82 Å². The van der Waals surface area contributed by atoms with Gasteiger partial charge >= 0.3 is 0 Å². The molecule has 0 radical (unpaired) electrons. The Balaban J connectivity index is 1.96. The molecule has 0 saturated heterocycles. The second-order valence-corrected chi connectivity index (χ2v) is 6.96. The summed E-state index contributed by atoms with van der Waals surface area (Å²) in [5.41, 5.74) is 1.15. The van der Waals surface area contributed by atoms with Crippen molar-refractivity contribution in [1.29, 1.82) is 0 Å². The van der Waals surface area contributed by atoms with Gasteiger partial charge in [0.05, 0.1) is 21.2 Å². The largest absolute Gasteiger partial charge is 0.280 e. The molecule has 3 aromatic rings. The smallest absolute Gasteiger partial charge is 0.270 e. The number of nitrogens with one attached hydrogen (secondary N) is 1. The number of anilines is 1. The second kappa shape index (κ2) is 6.36. The fourth-order valence-corrected chi connectivity index (χ4v) is 3.65. The Morgan fingerprint density at radius 3 is 2.64 bits per heavy atom. The van der Waals surface area contributed by atoms with Crippen molar-refractivity contribution in [3.8, 4) is 5.69 Å². The summed E-state index contributed by atoms with van der Waals surface area (Å²) in [6.07, 6.45) is 3.35. The summed E-state index contributed by atoms with van der Waals surface area (Å²) in [5.74, 6) is 0. The van der Waals surface area contributed by atoms with Crippen molar-refractivity contribution in [2.45, 2.75) is 11.8 Å². The Morgan fingerprint density at radius 2 is 1.96 bits per heavy atom. The lowest BCUT2D eigenvalue weighted by Crippen LogP contribution is -2.14. The Labute approximate surface area is 143 Å². The van der Waals surface area contributed by atoms with Crippen molar-refractivity contribution >= 4 is 21.4 Å². The Bertz CT molecular complexity index is 1030. The summed E-state index contributed by atoms with van der Waals surface area (Å²) in [7, 11) is -3.97. The Morgan fingerprint density at radius 1 is 1.16 bits per heavy atom. The molecule has 8 nitrogen and oxygen atoms in total. The first-order chi connectivity index (χ1) is 11.9. The first-order valence-corrected chi connectivity index (χ1v) is 8.73. The van der Waals surface area contributed by atoms with E-state index in [4.69, 9.17) is 0 Å². The lowest BCUT2D eigenvalue weighted by molar-refractivity contribution is -0.385. The topological polar surface area (TPSA) is 107 Å². The van der Waals surface area contributed by atoms with E-state index in [0.717, 1.165) is 6.07 Å². The summed E-state index contributed by atoms with van der Waals surface area (Å²) in [4.78, 5) is 10.1. The normalized spacial score (nSPS) is 11.2. The number of hydrogen-bond acceptors (Lipinski definition) is 5. The third-order valence-corrected chi connectivity index (χ3v) is 5.06. The number of non-ortho nitro benzene ring substituents is 1. The van der Waals surface area contributed by atoms with Crippen LogP contribution in [0.4, 0.5) is 11.4 Å². The number of aromatic nitrogens is 2. The van der Waals surface area contributed by atoms with Crippen LogP contribution in [0.1, 0.15) is 5.56 Å². The lowest BCUT2D eigenvalue weighted by atomic mass is 10.2. The van der Waals surface area contributed by atoms with Crippen LogP contribution in [0.15, 0.2) is 65.8 Å². The molecule has 0 unspecified atom stereocenters. The SMILES string of the molecule is Cc1ccc([N+](=O)[O-])cc1S(=O)(=O)Nc1cccc(-n2cccn2)c1. The highest BCUT2D eigenvalue weighted by atomic mass is 32.2. The number of benzene rings is 2. The van der Waals surface area contributed by atoms with Gasteiger partial charge in [0.1, 0.15) is 0 Å². The van der Waals surface area contributed by atoms with Crippen LogP contribution in [0.5, 0.6) is 0 Å². The first kappa shape index (κ1) is 16.7. The molecule has 3 rings (SSSR count). The average molecular weight is 358 g/mol. The molecule has 0 fully saturated rings. The van der Waals surface area contributed by atoms with Gasteiger partial charge in [-0.05, 0) is 36.8 Å². The molecule has 0 saturated carbocycles. The summed E-state index contributed by atoms with van der Waals surface area (Å²) in [6.45, 7) is 1.58. The molecular formula is C16H14N4O4S. The number of sulfonamides is 1. The van der Waals surface area contributed by atoms with E-state index < -0.39 is 14.9 Å². The van der Waals surface area contributed by atoms with E-state index in [1.807, 2.05) is 0 Å². The van der Waals surface area contributed by atoms with Crippen molar-refractivity contribution in [3.05, 3.63) is 76.6 Å². The predicted octanol–water partition coefficient (Wildman–Crippen LogP) is 2.89. The molecule has 0 aliphatic carbocycles. The van der Waals surface area contributed by atoms with E-state index in [0.29, 0.717) is 16.9 Å². The van der Waals surface area contributed by atoms with Crippen LogP contribution in [-0.2, 0) is 10.0 Å². The average Bonchev–Trinajstić information content (AvgIpc) is 3.09. The molecule has 1 N–H and O–H groups in total. The summed E-state index contributed by atoms with van der Waals surface area (Å²) in [6, 6.07) is 12.2. The van der Waals surface area contributed by atoms with Gasteiger partial charge in [-0.15, -0.1) is 0 Å². The van der Waals surface area contributed by atoms with E-state index in [-0.39, 0.29) is 10.6 Å². The molecule has 9 heteroatoms. The van der Waals surface area contributed by atoms with Crippen LogP contribution in [0.2, 0.25) is 0 Å². The second-order valence-electron chi connectivity index (χ2n) is 5.31. The highest BCUT2D eigenvalue weighted by molar-refractivity contribution is 7.92. The van der Waals surface area contributed by atoms with E-state index in [9.17, 15) is 18.5 Å². The minimum atomic E-state index is -3.97. The highest BCUT2D eigenvalue weighted by Crippen LogP contribution is 2.24. The van der Waals surface area contributed by atoms with Gasteiger partial charge in [0.25, 0.3) is 15.7 Å². The van der Waals surface area contributed by atoms with Gasteiger partial charge in [-0.2, -0.15) is 5.10 Å². The predicted molar refractivity (Wildman–Crippen MR) is 92.2 cm³/mol. The molecule has 25 heavy (non-hydrogen) atoms. The number of nitro benzene ring substituents is 1. The molecule has 1 aromatic heterocycles. The summed E-state index contributed by atoms with van der Waals surface area (Å²) >= 11 is 0. The van der Waals surface area contributed by atoms with E-state index in [1.165, 1.54) is 12.1 Å². The van der Waals surface area contributed by atoms with Crippen molar-refractivity contribution in [2.24, 2.45) is 0 Å². The fraction of sp³-hybridized carbons (Fsp3) is 0.0625. The maximum Gasteiger partial charge on any atom is 0.270 e. The fourth-order valence-electron chi connectivity index (χ4n) is 2.34. The number of aryl methyl sites for hydroxylation is 1. The maximum atomic E-state index is 12.6. The zero-order valence-corrected chi connectivity index (χ0v) is 14.0. The van der Waals surface area contributed by atoms with Gasteiger partial charge in [-0.3, -0.25) is 14.8 Å². The van der Waals surface area contributed by atoms with Crippen molar-refractivity contribution in [2.75, 3.05) is 4.72 Å². The zero-order chi connectivity index (χ0) is 18.0. The van der Waals surface area contributed by atoms with Crippen LogP contribution in [0.25, 0.3) is 5.69 Å². The van der Waals surface area contributed by atoms with Crippen LogP contribution in [0, 0.1) is 17.0 Å². The molecule has 2 aromatic carbocycles. The third kappa shape index (κ3) is 3.50. The minimum Gasteiger partial charge on any atom is -0.280 e. The summed E-state index contributed by atoms with van der Waals surface area (Å²) < 4.78 is 29.3. The van der Waals surface area contributed by atoms with Gasteiger partial charge in [-0.1, -0.05) is 12.1 Å². The minimum absolute atomic E-state index is 0.133. The quantitative estimate of drug-likeness (QED) is 0.557. The molecule has 0 spiro atoms. The molecule has 0 bridgehead atoms. The zero-order valence-electron chi connectivity index (χ0n) is 13.2. The lowest BCUT2D eigenvalue weighted by Gasteiger charge is -2.11. The van der Waals surface area contributed by atoms with E-state index in [1.54, 1.807) is 54.3 Å². The molecule has 1 heterocycles. The van der Waals surface area contributed by atoms with Gasteiger partial charge in [0.2, 0.25) is 0 Å². The van der Waals surface area contributed by atoms with Gasteiger partial charge in [0.15, 0.2) is 0 Å². The van der Waals surface area contributed by atoms with Crippen molar-refractivity contribution in [3.63, 3.8) is 0 Å². The van der Waals surface area contributed by atoms with Gasteiger partial charge < -0.3 is 0 Å². The monoisotopic (exact) mass is 358 g/mol. The van der Waals surface area contributed by atoms with Crippen molar-refractivity contribution < 1.29 is 13.3 Å². The van der Waals surface area contributed by atoms with E-state index >= 15 is 0 Å². The third-order valence-electron chi connectivity index (χ3n) is 3.54. The molecule has 0 atom stereocenters. The maximum absolute atomic E-state index is 12.6. The van der Waals surface area contributed by atoms with Crippen LogP contribution >= 0.6 is 0 Å². The van der Waals surface area contributed by atoms with Gasteiger partial charge in [-0.25, -0.2) is 13.1 Å². The van der Waals surface area contributed by atoms with Crippen molar-refractivity contribution in [1.82, 2.24) is 9.78 Å². The molecular weight excluding hydrogens is 344 g/mol.